The molecule has 0 bridgehead atoms. The number of amides is 4. The van der Waals surface area contributed by atoms with E-state index in [4.69, 9.17) is 0 Å². The van der Waals surface area contributed by atoms with Gasteiger partial charge in [0.05, 0.1) is 0 Å². The monoisotopic (exact) mass is 442 g/mol. The Morgan fingerprint density at radius 1 is 0.938 bits per heavy atom. The average molecular weight is 443 g/mol. The summed E-state index contributed by atoms with van der Waals surface area (Å²) in [6, 6.07) is 7.29. The third kappa shape index (κ3) is 5.47. The Hall–Kier alpha value is -2.90. The number of carbonyl (C=O) groups excluding carboxylic acids is 4. The van der Waals surface area contributed by atoms with Gasteiger partial charge in [0.2, 0.25) is 11.8 Å². The largest absolute Gasteiger partial charge is 0.346 e. The molecule has 3 rings (SSSR count). The van der Waals surface area contributed by atoms with E-state index in [0.717, 1.165) is 11.1 Å². The number of fused-ring (bicyclic) bond motifs is 1. The van der Waals surface area contributed by atoms with Crippen LogP contribution in [0, 0.1) is 5.92 Å². The molecule has 1 saturated heterocycles. The van der Waals surface area contributed by atoms with Crippen molar-refractivity contribution in [1.29, 1.82) is 0 Å². The number of nitrogens with zero attached hydrogens (tertiary/aromatic N) is 3. The van der Waals surface area contributed by atoms with Crippen molar-refractivity contribution < 1.29 is 19.2 Å². The lowest BCUT2D eigenvalue weighted by Crippen LogP contribution is -2.59. The predicted molar refractivity (Wildman–Crippen MR) is 120 cm³/mol. The van der Waals surface area contributed by atoms with Gasteiger partial charge in [-0.05, 0) is 30.9 Å². The second-order valence-electron chi connectivity index (χ2n) is 9.35. The highest BCUT2D eigenvalue weighted by atomic mass is 16.2. The lowest BCUT2D eigenvalue weighted by atomic mass is 9.92. The molecule has 0 spiro atoms. The van der Waals surface area contributed by atoms with Gasteiger partial charge in [-0.1, -0.05) is 38.1 Å². The predicted octanol–water partition coefficient (Wildman–Crippen LogP) is 1.18. The molecule has 1 fully saturated rings. The number of nitrogens with one attached hydrogen (secondary N) is 1. The van der Waals surface area contributed by atoms with Gasteiger partial charge >= 0.3 is 11.8 Å². The molecule has 1 unspecified atom stereocenters. The minimum absolute atomic E-state index is 0.00739. The first-order valence-electron chi connectivity index (χ1n) is 11.4. The van der Waals surface area contributed by atoms with Crippen molar-refractivity contribution in [3.8, 4) is 0 Å². The van der Waals surface area contributed by atoms with Gasteiger partial charge < -0.3 is 20.0 Å². The van der Waals surface area contributed by atoms with Gasteiger partial charge in [0.25, 0.3) is 0 Å². The maximum Gasteiger partial charge on any atom is 0.312 e. The lowest BCUT2D eigenvalue weighted by Gasteiger charge is -2.41. The van der Waals surface area contributed by atoms with Gasteiger partial charge in [0, 0.05) is 51.6 Å². The number of piperazine rings is 1. The number of hydrogen-bond acceptors (Lipinski definition) is 4. The molecule has 1 aromatic rings. The summed E-state index contributed by atoms with van der Waals surface area (Å²) in [4.78, 5) is 55.7. The minimum Gasteiger partial charge on any atom is -0.346 e. The summed E-state index contributed by atoms with van der Waals surface area (Å²) >= 11 is 0. The van der Waals surface area contributed by atoms with E-state index in [0.29, 0.717) is 45.6 Å². The topological polar surface area (TPSA) is 90.0 Å². The summed E-state index contributed by atoms with van der Waals surface area (Å²) in [5, 5.41) is 2.61. The smallest absolute Gasteiger partial charge is 0.312 e. The summed E-state index contributed by atoms with van der Waals surface area (Å²) in [6.45, 7) is 9.35. The highest BCUT2D eigenvalue weighted by molar-refractivity contribution is 6.35. The minimum atomic E-state index is -0.617. The summed E-state index contributed by atoms with van der Waals surface area (Å²) in [5.41, 5.74) is 2.18. The molecule has 1 N–H and O–H groups in total. The highest BCUT2D eigenvalue weighted by Crippen LogP contribution is 2.26. The summed E-state index contributed by atoms with van der Waals surface area (Å²) < 4.78 is 0. The molecule has 1 aromatic carbocycles. The van der Waals surface area contributed by atoms with Gasteiger partial charge in [-0.25, -0.2) is 0 Å². The van der Waals surface area contributed by atoms with Crippen LogP contribution in [0.15, 0.2) is 24.3 Å². The SMILES string of the molecule is CC(C)CC(=O)N1Cc2ccccc2CC1C(=O)N1CCN(C(=O)C(=O)NC(C)C)CC1. The molecular formula is C24H34N4O4. The highest BCUT2D eigenvalue weighted by Gasteiger charge is 2.38. The molecule has 0 radical (unpaired) electrons. The van der Waals surface area contributed by atoms with Crippen LogP contribution in [0.25, 0.3) is 0 Å². The first kappa shape index (κ1) is 23.8. The fourth-order valence-electron chi connectivity index (χ4n) is 4.28. The van der Waals surface area contributed by atoms with E-state index < -0.39 is 17.9 Å². The number of benzene rings is 1. The van der Waals surface area contributed by atoms with Gasteiger partial charge in [-0.15, -0.1) is 0 Å². The zero-order valence-corrected chi connectivity index (χ0v) is 19.5. The van der Waals surface area contributed by atoms with E-state index in [-0.39, 0.29) is 23.8 Å². The molecule has 4 amide bonds. The van der Waals surface area contributed by atoms with Crippen LogP contribution in [0.4, 0.5) is 0 Å². The Kier molecular flexibility index (Phi) is 7.53. The standard InChI is InChI=1S/C24H34N4O4/c1-16(2)13-21(29)28-15-19-8-6-5-7-18(19)14-20(28)23(31)26-9-11-27(12-10-26)24(32)22(30)25-17(3)4/h5-8,16-17,20H,9-15H2,1-4H3,(H,25,30). The van der Waals surface area contributed by atoms with Crippen LogP contribution in [0.3, 0.4) is 0 Å². The molecule has 2 heterocycles. The van der Waals surface area contributed by atoms with Gasteiger partial charge in [0.15, 0.2) is 0 Å². The molecule has 8 nitrogen and oxygen atoms in total. The van der Waals surface area contributed by atoms with Crippen molar-refractivity contribution in [2.45, 2.75) is 59.2 Å². The van der Waals surface area contributed by atoms with Crippen molar-refractivity contribution in [2.24, 2.45) is 5.92 Å². The van der Waals surface area contributed by atoms with Gasteiger partial charge in [-0.3, -0.25) is 19.2 Å². The normalized spacial score (nSPS) is 18.6. The maximum atomic E-state index is 13.5. The molecule has 2 aliphatic heterocycles. The summed E-state index contributed by atoms with van der Waals surface area (Å²) in [5.74, 6) is -1.07. The van der Waals surface area contributed by atoms with Crippen LogP contribution in [0.2, 0.25) is 0 Å². The molecule has 2 aliphatic rings. The van der Waals surface area contributed by atoms with E-state index in [1.807, 2.05) is 38.1 Å². The van der Waals surface area contributed by atoms with E-state index in [9.17, 15) is 19.2 Å². The Bertz CT molecular complexity index is 875. The van der Waals surface area contributed by atoms with Crippen molar-refractivity contribution in [2.75, 3.05) is 26.2 Å². The second-order valence-corrected chi connectivity index (χ2v) is 9.35. The quantitative estimate of drug-likeness (QED) is 0.709. The van der Waals surface area contributed by atoms with Crippen LogP contribution in [-0.4, -0.2) is 76.6 Å². The zero-order valence-electron chi connectivity index (χ0n) is 19.5. The molecule has 8 heteroatoms. The Balaban J connectivity index is 1.69. The van der Waals surface area contributed by atoms with Crippen molar-refractivity contribution in [1.82, 2.24) is 20.0 Å². The fraction of sp³-hybridized carbons (Fsp3) is 0.583. The van der Waals surface area contributed by atoms with Crippen LogP contribution in [0.5, 0.6) is 0 Å². The van der Waals surface area contributed by atoms with Crippen LogP contribution in [-0.2, 0) is 32.1 Å². The van der Waals surface area contributed by atoms with Crippen molar-refractivity contribution >= 4 is 23.6 Å². The number of hydrogen-bond donors (Lipinski definition) is 1. The first-order valence-corrected chi connectivity index (χ1v) is 11.4. The van der Waals surface area contributed by atoms with Gasteiger partial charge in [0.1, 0.15) is 6.04 Å². The molecule has 0 saturated carbocycles. The lowest BCUT2D eigenvalue weighted by molar-refractivity contribution is -0.152. The summed E-state index contributed by atoms with van der Waals surface area (Å²) in [7, 11) is 0. The maximum absolute atomic E-state index is 13.5. The molecule has 174 valence electrons. The molecule has 0 aliphatic carbocycles. The molecule has 0 aromatic heterocycles. The van der Waals surface area contributed by atoms with E-state index in [1.54, 1.807) is 23.6 Å². The average Bonchev–Trinajstić information content (AvgIpc) is 2.76. The Morgan fingerprint density at radius 2 is 1.53 bits per heavy atom. The van der Waals surface area contributed by atoms with Crippen LogP contribution in [0.1, 0.15) is 45.2 Å². The van der Waals surface area contributed by atoms with Crippen LogP contribution < -0.4 is 5.32 Å². The molecule has 32 heavy (non-hydrogen) atoms. The van der Waals surface area contributed by atoms with E-state index >= 15 is 0 Å². The zero-order chi connectivity index (χ0) is 23.4. The molecular weight excluding hydrogens is 408 g/mol. The number of carbonyl (C=O) groups is 4. The Morgan fingerprint density at radius 3 is 2.12 bits per heavy atom. The van der Waals surface area contributed by atoms with E-state index in [2.05, 4.69) is 5.32 Å². The second kappa shape index (κ2) is 10.1. The van der Waals surface area contributed by atoms with Crippen LogP contribution >= 0.6 is 0 Å². The fourth-order valence-corrected chi connectivity index (χ4v) is 4.28. The van der Waals surface area contributed by atoms with Gasteiger partial charge in [-0.2, -0.15) is 0 Å². The van der Waals surface area contributed by atoms with Crippen molar-refractivity contribution in [3.05, 3.63) is 35.4 Å². The first-order chi connectivity index (χ1) is 15.2. The third-order valence-corrected chi connectivity index (χ3v) is 5.93. The van der Waals surface area contributed by atoms with Crippen molar-refractivity contribution in [3.63, 3.8) is 0 Å². The third-order valence-electron chi connectivity index (χ3n) is 5.93. The summed E-state index contributed by atoms with van der Waals surface area (Å²) in [6.07, 6.45) is 0.897. The Labute approximate surface area is 189 Å². The number of rotatable bonds is 4. The molecule has 1 atom stereocenters. The van der Waals surface area contributed by atoms with E-state index in [1.165, 1.54) is 4.90 Å².